The van der Waals surface area contributed by atoms with Crippen molar-refractivity contribution in [2.24, 2.45) is 0 Å². The van der Waals surface area contributed by atoms with Gasteiger partial charge in [0.05, 0.1) is 23.8 Å². The van der Waals surface area contributed by atoms with Crippen LogP contribution in [0.15, 0.2) is 37.1 Å². The van der Waals surface area contributed by atoms with E-state index in [0.29, 0.717) is 5.88 Å². The number of halogens is 1. The van der Waals surface area contributed by atoms with Gasteiger partial charge in [-0.1, -0.05) is 0 Å². The number of aromatic nitrogens is 5. The van der Waals surface area contributed by atoms with E-state index >= 15 is 0 Å². The van der Waals surface area contributed by atoms with Crippen LogP contribution in [0.3, 0.4) is 0 Å². The number of nitrogens with one attached hydrogen (secondary N) is 1. The topological polar surface area (TPSA) is 98.0 Å². The van der Waals surface area contributed by atoms with E-state index in [1.54, 1.807) is 6.20 Å². The zero-order valence-corrected chi connectivity index (χ0v) is 13.8. The molecule has 26 heavy (non-hydrogen) atoms. The van der Waals surface area contributed by atoms with Gasteiger partial charge in [-0.3, -0.25) is 0 Å². The Balaban J connectivity index is 1.56. The summed E-state index contributed by atoms with van der Waals surface area (Å²) in [5.41, 5.74) is 0.342. The molecule has 1 saturated heterocycles. The molecule has 3 heterocycles. The highest BCUT2D eigenvalue weighted by atomic mass is 19.1. The monoisotopic (exact) mass is 356 g/mol. The number of rotatable bonds is 4. The molecule has 3 aromatic rings. The van der Waals surface area contributed by atoms with Gasteiger partial charge in [0.1, 0.15) is 17.7 Å². The highest BCUT2D eigenvalue weighted by Gasteiger charge is 2.17. The highest BCUT2D eigenvalue weighted by Crippen LogP contribution is 2.31. The van der Waals surface area contributed by atoms with Gasteiger partial charge in [-0.25, -0.2) is 14.4 Å². The number of phenolic OH excluding ortho intramolecular Hbond substituents is 1. The number of nitrogens with zero attached hydrogens (tertiary/aromatic N) is 5. The van der Waals surface area contributed by atoms with Crippen molar-refractivity contribution in [3.63, 3.8) is 0 Å². The zero-order chi connectivity index (χ0) is 17.9. The van der Waals surface area contributed by atoms with Crippen LogP contribution in [0.5, 0.6) is 11.6 Å². The molecule has 1 aliphatic heterocycles. The number of imidazole rings is 1. The summed E-state index contributed by atoms with van der Waals surface area (Å²) in [6, 6.07) is 2.48. The third-order valence-electron chi connectivity index (χ3n) is 4.20. The van der Waals surface area contributed by atoms with Gasteiger partial charge in [-0.2, -0.15) is 0 Å². The molecule has 134 valence electrons. The first-order valence-electron chi connectivity index (χ1n) is 8.29. The number of ether oxygens (including phenoxy) is 1. The van der Waals surface area contributed by atoms with Crippen molar-refractivity contribution >= 4 is 0 Å². The number of phenols is 1. The van der Waals surface area contributed by atoms with Crippen LogP contribution in [-0.2, 0) is 0 Å². The van der Waals surface area contributed by atoms with Crippen molar-refractivity contribution in [1.82, 2.24) is 30.0 Å². The van der Waals surface area contributed by atoms with Crippen molar-refractivity contribution in [1.29, 1.82) is 0 Å². The molecule has 0 atom stereocenters. The molecule has 1 aliphatic rings. The van der Waals surface area contributed by atoms with Crippen LogP contribution in [0.25, 0.3) is 17.1 Å². The Labute approximate surface area is 148 Å². The Morgan fingerprint density at radius 3 is 2.77 bits per heavy atom. The van der Waals surface area contributed by atoms with E-state index in [9.17, 15) is 9.50 Å². The second-order valence-electron chi connectivity index (χ2n) is 5.98. The first-order valence-corrected chi connectivity index (χ1v) is 8.29. The standard InChI is InChI=1S/C17H17FN6O2/c18-13-7-12(15(25)8-14(13)24-6-5-20-10-24)17-21-9-16(22-23-17)26-11-1-3-19-4-2-11/h5-11,19,25H,1-4H2. The lowest BCUT2D eigenvalue weighted by molar-refractivity contribution is 0.153. The lowest BCUT2D eigenvalue weighted by atomic mass is 10.1. The Kier molecular flexibility index (Phi) is 4.44. The largest absolute Gasteiger partial charge is 0.507 e. The molecule has 8 nitrogen and oxygen atoms in total. The molecular formula is C17H17FN6O2. The number of piperidine rings is 1. The maximum Gasteiger partial charge on any atom is 0.252 e. The summed E-state index contributed by atoms with van der Waals surface area (Å²) in [4.78, 5) is 8.02. The average molecular weight is 356 g/mol. The lowest BCUT2D eigenvalue weighted by Gasteiger charge is -2.22. The molecule has 4 rings (SSSR count). The third kappa shape index (κ3) is 3.33. The van der Waals surface area contributed by atoms with Gasteiger partial charge >= 0.3 is 0 Å². The van der Waals surface area contributed by atoms with E-state index in [0.717, 1.165) is 25.9 Å². The normalized spacial score (nSPS) is 15.1. The minimum absolute atomic E-state index is 0.0820. The molecule has 2 aromatic heterocycles. The first kappa shape index (κ1) is 16.4. The van der Waals surface area contributed by atoms with Crippen molar-refractivity contribution in [3.05, 3.63) is 42.9 Å². The van der Waals surface area contributed by atoms with Gasteiger partial charge in [0.25, 0.3) is 5.88 Å². The van der Waals surface area contributed by atoms with Crippen LogP contribution < -0.4 is 10.1 Å². The predicted octanol–water partition coefficient (Wildman–Crippen LogP) is 1.70. The molecule has 0 unspecified atom stereocenters. The third-order valence-corrected chi connectivity index (χ3v) is 4.20. The molecular weight excluding hydrogens is 339 g/mol. The van der Waals surface area contributed by atoms with Gasteiger partial charge in [0.15, 0.2) is 5.82 Å². The Hall–Kier alpha value is -3.07. The maximum absolute atomic E-state index is 14.4. The van der Waals surface area contributed by atoms with E-state index in [4.69, 9.17) is 4.74 Å². The van der Waals surface area contributed by atoms with Crippen molar-refractivity contribution < 1.29 is 14.2 Å². The minimum atomic E-state index is -0.533. The van der Waals surface area contributed by atoms with Crippen molar-refractivity contribution in [2.75, 3.05) is 13.1 Å². The molecule has 1 fully saturated rings. The fourth-order valence-electron chi connectivity index (χ4n) is 2.86. The van der Waals surface area contributed by atoms with E-state index < -0.39 is 5.82 Å². The maximum atomic E-state index is 14.4. The van der Waals surface area contributed by atoms with E-state index in [2.05, 4.69) is 25.5 Å². The second kappa shape index (κ2) is 7.04. The van der Waals surface area contributed by atoms with Crippen molar-refractivity contribution in [3.8, 4) is 28.7 Å². The summed E-state index contributed by atoms with van der Waals surface area (Å²) < 4.78 is 21.6. The van der Waals surface area contributed by atoms with Crippen LogP contribution in [0.2, 0.25) is 0 Å². The number of aromatic hydroxyl groups is 1. The number of benzene rings is 1. The van der Waals surface area contributed by atoms with E-state index in [-0.39, 0.29) is 28.9 Å². The van der Waals surface area contributed by atoms with E-state index in [1.807, 2.05) is 0 Å². The molecule has 0 saturated carbocycles. The number of hydrogen-bond donors (Lipinski definition) is 2. The highest BCUT2D eigenvalue weighted by molar-refractivity contribution is 5.66. The van der Waals surface area contributed by atoms with Crippen LogP contribution in [-0.4, -0.2) is 49.0 Å². The fraction of sp³-hybridized carbons (Fsp3) is 0.294. The average Bonchev–Trinajstić information content (AvgIpc) is 3.19. The second-order valence-corrected chi connectivity index (χ2v) is 5.98. The summed E-state index contributed by atoms with van der Waals surface area (Å²) in [6.07, 6.45) is 7.86. The quantitative estimate of drug-likeness (QED) is 0.734. The molecule has 2 N–H and O–H groups in total. The molecule has 0 spiro atoms. The number of hydrogen-bond acceptors (Lipinski definition) is 7. The first-order chi connectivity index (χ1) is 12.7. The Bertz CT molecular complexity index is 879. The Morgan fingerprint density at radius 1 is 1.23 bits per heavy atom. The summed E-state index contributed by atoms with van der Waals surface area (Å²) in [7, 11) is 0. The summed E-state index contributed by atoms with van der Waals surface area (Å²) in [5.74, 6) is -0.245. The summed E-state index contributed by atoms with van der Waals surface area (Å²) in [6.45, 7) is 1.81. The molecule has 0 amide bonds. The van der Waals surface area contributed by atoms with Gasteiger partial charge in [-0.05, 0) is 32.0 Å². The van der Waals surface area contributed by atoms with Gasteiger partial charge in [0, 0.05) is 18.5 Å². The minimum Gasteiger partial charge on any atom is -0.507 e. The SMILES string of the molecule is Oc1cc(-n2ccnc2)c(F)cc1-c1ncc(OC2CCNCC2)nn1. The van der Waals surface area contributed by atoms with Crippen LogP contribution in [0.1, 0.15) is 12.8 Å². The smallest absolute Gasteiger partial charge is 0.252 e. The van der Waals surface area contributed by atoms with Crippen LogP contribution in [0.4, 0.5) is 4.39 Å². The summed E-state index contributed by atoms with van der Waals surface area (Å²) >= 11 is 0. The fourth-order valence-corrected chi connectivity index (χ4v) is 2.86. The van der Waals surface area contributed by atoms with Gasteiger partial charge < -0.3 is 19.7 Å². The van der Waals surface area contributed by atoms with Crippen molar-refractivity contribution in [2.45, 2.75) is 18.9 Å². The molecule has 0 bridgehead atoms. The molecule has 1 aromatic carbocycles. The molecule has 0 radical (unpaired) electrons. The molecule has 0 aliphatic carbocycles. The van der Waals surface area contributed by atoms with Gasteiger partial charge in [-0.15, -0.1) is 10.2 Å². The predicted molar refractivity (Wildman–Crippen MR) is 90.5 cm³/mol. The zero-order valence-electron chi connectivity index (χ0n) is 13.8. The Morgan fingerprint density at radius 2 is 2.08 bits per heavy atom. The lowest BCUT2D eigenvalue weighted by Crippen LogP contribution is -2.34. The van der Waals surface area contributed by atoms with Gasteiger partial charge in [0.2, 0.25) is 0 Å². The molecule has 9 heteroatoms. The summed E-state index contributed by atoms with van der Waals surface area (Å²) in [5, 5.41) is 21.5. The van der Waals surface area contributed by atoms with Crippen LogP contribution >= 0.6 is 0 Å². The van der Waals surface area contributed by atoms with E-state index in [1.165, 1.54) is 35.4 Å². The van der Waals surface area contributed by atoms with Crippen LogP contribution in [0, 0.1) is 5.82 Å².